The van der Waals surface area contributed by atoms with Gasteiger partial charge < -0.3 is 25.0 Å². The van der Waals surface area contributed by atoms with Gasteiger partial charge in [-0.2, -0.15) is 0 Å². The Hall–Kier alpha value is -4.31. The van der Waals surface area contributed by atoms with Crippen molar-refractivity contribution in [2.24, 2.45) is 0 Å². The third-order valence-corrected chi connectivity index (χ3v) is 7.24. The quantitative estimate of drug-likeness (QED) is 0.313. The number of urea groups is 2. The summed E-state index contributed by atoms with van der Waals surface area (Å²) in [5.41, 5.74) is 1.27. The number of hydrogen-bond acceptors (Lipinski definition) is 6. The van der Waals surface area contributed by atoms with E-state index >= 15 is 0 Å². The SMILES string of the molecule is C=CCN1C(=O)N[C@@H](c2cccc(Oc3ccccc3)c2)C(C(=O)OCC)=C1CN1CCN(C(=O)NC(C)(C)C)[C@H](C)C1. The molecule has 43 heavy (non-hydrogen) atoms. The lowest BCUT2D eigenvalue weighted by molar-refractivity contribution is -0.139. The third kappa shape index (κ3) is 7.95. The topological polar surface area (TPSA) is 103 Å². The summed E-state index contributed by atoms with van der Waals surface area (Å²) in [5, 5.41) is 6.05. The van der Waals surface area contributed by atoms with E-state index in [2.05, 4.69) is 22.1 Å². The molecule has 0 unspecified atom stereocenters. The minimum atomic E-state index is -0.752. The molecule has 4 rings (SSSR count). The number of rotatable bonds is 9. The van der Waals surface area contributed by atoms with Crippen molar-refractivity contribution >= 4 is 18.0 Å². The number of carbonyl (C=O) groups is 3. The molecule has 2 aliphatic rings. The maximum Gasteiger partial charge on any atom is 0.338 e. The predicted octanol–water partition coefficient (Wildman–Crippen LogP) is 5.06. The summed E-state index contributed by atoms with van der Waals surface area (Å²) < 4.78 is 11.6. The molecule has 2 atom stereocenters. The van der Waals surface area contributed by atoms with Gasteiger partial charge in [-0.05, 0) is 64.4 Å². The van der Waals surface area contributed by atoms with Crippen LogP contribution in [0.1, 0.15) is 46.2 Å². The van der Waals surface area contributed by atoms with E-state index in [0.717, 1.165) is 0 Å². The summed E-state index contributed by atoms with van der Waals surface area (Å²) in [4.78, 5) is 45.6. The Kier molecular flexibility index (Phi) is 10.1. The van der Waals surface area contributed by atoms with Crippen LogP contribution in [0.2, 0.25) is 0 Å². The lowest BCUT2D eigenvalue weighted by atomic mass is 9.93. The van der Waals surface area contributed by atoms with E-state index in [1.54, 1.807) is 17.9 Å². The average molecular weight is 590 g/mol. The van der Waals surface area contributed by atoms with Crippen molar-refractivity contribution in [1.82, 2.24) is 25.3 Å². The molecule has 2 aromatic rings. The maximum atomic E-state index is 13.6. The highest BCUT2D eigenvalue weighted by atomic mass is 16.5. The van der Waals surface area contributed by atoms with Crippen LogP contribution in [0.3, 0.4) is 0 Å². The molecule has 0 radical (unpaired) electrons. The van der Waals surface area contributed by atoms with Crippen molar-refractivity contribution in [2.45, 2.75) is 52.2 Å². The molecule has 0 aromatic heterocycles. The maximum absolute atomic E-state index is 13.6. The third-order valence-electron chi connectivity index (χ3n) is 7.24. The Morgan fingerprint density at radius 3 is 2.47 bits per heavy atom. The molecule has 0 spiro atoms. The smallest absolute Gasteiger partial charge is 0.338 e. The predicted molar refractivity (Wildman–Crippen MR) is 166 cm³/mol. The number of para-hydroxylation sites is 1. The highest BCUT2D eigenvalue weighted by Gasteiger charge is 2.39. The molecule has 230 valence electrons. The molecular weight excluding hydrogens is 546 g/mol. The highest BCUT2D eigenvalue weighted by Crippen LogP contribution is 2.34. The van der Waals surface area contributed by atoms with Crippen LogP contribution in [0.25, 0.3) is 0 Å². The molecule has 4 amide bonds. The van der Waals surface area contributed by atoms with Crippen molar-refractivity contribution in [3.63, 3.8) is 0 Å². The number of carbonyl (C=O) groups excluding carboxylic acids is 3. The summed E-state index contributed by atoms with van der Waals surface area (Å²) in [5.74, 6) is 0.757. The molecule has 0 bridgehead atoms. The normalized spacial score (nSPS) is 19.5. The first-order valence-corrected chi connectivity index (χ1v) is 14.7. The Morgan fingerprint density at radius 1 is 1.09 bits per heavy atom. The number of piperazine rings is 1. The average Bonchev–Trinajstić information content (AvgIpc) is 2.94. The fraction of sp³-hybridized carbons (Fsp3) is 0.424. The van der Waals surface area contributed by atoms with E-state index in [1.165, 1.54) is 0 Å². The Bertz CT molecular complexity index is 1350. The van der Waals surface area contributed by atoms with Gasteiger partial charge in [0.2, 0.25) is 0 Å². The number of benzene rings is 2. The van der Waals surface area contributed by atoms with Crippen molar-refractivity contribution in [1.29, 1.82) is 0 Å². The van der Waals surface area contributed by atoms with Crippen molar-refractivity contribution < 1.29 is 23.9 Å². The zero-order chi connectivity index (χ0) is 31.1. The van der Waals surface area contributed by atoms with E-state index in [1.807, 2.05) is 87.2 Å². The zero-order valence-corrected chi connectivity index (χ0v) is 25.8. The highest BCUT2D eigenvalue weighted by molar-refractivity contribution is 5.95. The first-order chi connectivity index (χ1) is 20.5. The Balaban J connectivity index is 1.67. The minimum absolute atomic E-state index is 0.0735. The largest absolute Gasteiger partial charge is 0.463 e. The van der Waals surface area contributed by atoms with E-state index in [9.17, 15) is 14.4 Å². The number of esters is 1. The number of amides is 4. The standard InChI is InChI=1S/C33H43N5O5/c1-7-17-38-27(22-36-18-19-37(23(3)21-36)32(41)35-33(4,5)6)28(30(39)42-8-2)29(34-31(38)40)24-13-12-16-26(20-24)43-25-14-10-9-11-15-25/h7,9-16,20,23,29H,1,8,17-19,21-22H2,2-6H3,(H,34,40)(H,35,41)/t23-,29+/m1/s1. The molecule has 10 nitrogen and oxygen atoms in total. The first-order valence-electron chi connectivity index (χ1n) is 14.7. The summed E-state index contributed by atoms with van der Waals surface area (Å²) in [6, 6.07) is 15.5. The van der Waals surface area contributed by atoms with E-state index in [-0.39, 0.29) is 36.8 Å². The molecule has 2 N–H and O–H groups in total. The number of hydrogen-bond donors (Lipinski definition) is 2. The summed E-state index contributed by atoms with van der Waals surface area (Å²) in [6.45, 7) is 15.9. The van der Waals surface area contributed by atoms with Gasteiger partial charge in [0.25, 0.3) is 0 Å². The molecule has 0 aliphatic carbocycles. The zero-order valence-electron chi connectivity index (χ0n) is 25.8. The van der Waals surface area contributed by atoms with E-state index < -0.39 is 12.0 Å². The van der Waals surface area contributed by atoms with Crippen LogP contribution in [0.15, 0.2) is 78.5 Å². The van der Waals surface area contributed by atoms with Gasteiger partial charge in [0.15, 0.2) is 0 Å². The van der Waals surface area contributed by atoms with Crippen molar-refractivity contribution in [2.75, 3.05) is 39.3 Å². The van der Waals surface area contributed by atoms with Gasteiger partial charge in [-0.1, -0.05) is 36.4 Å². The van der Waals surface area contributed by atoms with Crippen LogP contribution in [0, 0.1) is 0 Å². The fourth-order valence-electron chi connectivity index (χ4n) is 5.36. The van der Waals surface area contributed by atoms with Crippen LogP contribution >= 0.6 is 0 Å². The molecule has 2 aromatic carbocycles. The van der Waals surface area contributed by atoms with Crippen LogP contribution in [0.5, 0.6) is 11.5 Å². The summed E-state index contributed by atoms with van der Waals surface area (Å²) in [6.07, 6.45) is 1.63. The van der Waals surface area contributed by atoms with Crippen molar-refractivity contribution in [3.05, 3.63) is 84.1 Å². The van der Waals surface area contributed by atoms with Crippen LogP contribution in [-0.4, -0.2) is 83.6 Å². The van der Waals surface area contributed by atoms with Crippen LogP contribution in [-0.2, 0) is 9.53 Å². The second-order valence-electron chi connectivity index (χ2n) is 11.8. The molecule has 2 aliphatic heterocycles. The molecule has 1 fully saturated rings. The van der Waals surface area contributed by atoms with E-state index in [4.69, 9.17) is 9.47 Å². The molecule has 2 heterocycles. The lowest BCUT2D eigenvalue weighted by Crippen LogP contribution is -2.59. The molecule has 1 saturated heterocycles. The molecule has 0 saturated carbocycles. The van der Waals surface area contributed by atoms with Gasteiger partial charge in [0, 0.05) is 50.0 Å². The Morgan fingerprint density at radius 2 is 1.81 bits per heavy atom. The summed E-state index contributed by atoms with van der Waals surface area (Å²) >= 11 is 0. The summed E-state index contributed by atoms with van der Waals surface area (Å²) in [7, 11) is 0. The van der Waals surface area contributed by atoms with Gasteiger partial charge in [-0.25, -0.2) is 14.4 Å². The van der Waals surface area contributed by atoms with Crippen LogP contribution < -0.4 is 15.4 Å². The first kappa shape index (κ1) is 31.6. The van der Waals surface area contributed by atoms with Gasteiger partial charge in [-0.15, -0.1) is 6.58 Å². The lowest BCUT2D eigenvalue weighted by Gasteiger charge is -2.43. The van der Waals surface area contributed by atoms with E-state index in [0.29, 0.717) is 54.5 Å². The second-order valence-corrected chi connectivity index (χ2v) is 11.8. The van der Waals surface area contributed by atoms with Gasteiger partial charge in [0.05, 0.1) is 18.2 Å². The molecular formula is C33H43N5O5. The van der Waals surface area contributed by atoms with Gasteiger partial charge in [0.1, 0.15) is 11.5 Å². The fourth-order valence-corrected chi connectivity index (χ4v) is 5.36. The second kappa shape index (κ2) is 13.8. The van der Waals surface area contributed by atoms with Gasteiger partial charge in [-0.3, -0.25) is 9.80 Å². The molecule has 10 heteroatoms. The van der Waals surface area contributed by atoms with Crippen LogP contribution in [0.4, 0.5) is 9.59 Å². The van der Waals surface area contributed by atoms with Crippen molar-refractivity contribution in [3.8, 4) is 11.5 Å². The Labute approximate surface area is 254 Å². The van der Waals surface area contributed by atoms with Gasteiger partial charge >= 0.3 is 18.0 Å². The number of nitrogens with one attached hydrogen (secondary N) is 2. The number of ether oxygens (including phenoxy) is 2. The number of nitrogens with zero attached hydrogens (tertiary/aromatic N) is 3. The monoisotopic (exact) mass is 589 g/mol. The minimum Gasteiger partial charge on any atom is -0.463 e.